The highest BCUT2D eigenvalue weighted by molar-refractivity contribution is 7.89. The number of amides is 1. The second-order valence-corrected chi connectivity index (χ2v) is 10.5. The van der Waals surface area contributed by atoms with Gasteiger partial charge >= 0.3 is 0 Å². The van der Waals surface area contributed by atoms with Gasteiger partial charge in [0.25, 0.3) is 5.91 Å². The van der Waals surface area contributed by atoms with Crippen molar-refractivity contribution in [1.29, 1.82) is 0 Å². The van der Waals surface area contributed by atoms with Crippen molar-refractivity contribution in [2.45, 2.75) is 11.8 Å². The minimum absolute atomic E-state index is 0.0127. The fourth-order valence-corrected chi connectivity index (χ4v) is 5.10. The van der Waals surface area contributed by atoms with E-state index in [-0.39, 0.29) is 15.5 Å². The number of carbonyl (C=O) groups excluding carboxylic acids is 1. The molecule has 0 radical (unpaired) electrons. The molecule has 0 saturated carbocycles. The lowest BCUT2D eigenvalue weighted by atomic mass is 10.1. The van der Waals surface area contributed by atoms with Crippen LogP contribution in [0.3, 0.4) is 0 Å². The number of aromatic amines is 1. The van der Waals surface area contributed by atoms with Crippen LogP contribution in [0.15, 0.2) is 52.7 Å². The van der Waals surface area contributed by atoms with Crippen molar-refractivity contribution < 1.29 is 13.2 Å². The highest BCUT2D eigenvalue weighted by atomic mass is 35.5. The SMILES string of the molecule is Cc1[nH]c2ccccc2c1-c1csc(NC(=O)c2cc(S(=O)(=O)N(C)C)ccc2Cl)n1. The van der Waals surface area contributed by atoms with Crippen LogP contribution in [-0.2, 0) is 10.0 Å². The molecule has 7 nitrogen and oxygen atoms in total. The third kappa shape index (κ3) is 3.97. The smallest absolute Gasteiger partial charge is 0.259 e. The molecule has 0 unspecified atom stereocenters. The topological polar surface area (TPSA) is 95.2 Å². The van der Waals surface area contributed by atoms with Gasteiger partial charge in [-0.25, -0.2) is 17.7 Å². The molecule has 4 aromatic rings. The molecule has 0 aliphatic carbocycles. The zero-order valence-corrected chi connectivity index (χ0v) is 19.3. The van der Waals surface area contributed by atoms with Crippen molar-refractivity contribution in [2.24, 2.45) is 0 Å². The average Bonchev–Trinajstić information content (AvgIpc) is 3.30. The van der Waals surface area contributed by atoms with Crippen molar-refractivity contribution in [3.05, 3.63) is 64.1 Å². The van der Waals surface area contributed by atoms with E-state index in [1.54, 1.807) is 0 Å². The van der Waals surface area contributed by atoms with Crippen LogP contribution in [0.5, 0.6) is 0 Å². The number of benzene rings is 2. The maximum Gasteiger partial charge on any atom is 0.259 e. The first-order chi connectivity index (χ1) is 14.7. The van der Waals surface area contributed by atoms with Gasteiger partial charge in [-0.2, -0.15) is 0 Å². The Kier molecular flexibility index (Phi) is 5.61. The molecular weight excluding hydrogens is 456 g/mol. The molecule has 2 aromatic heterocycles. The number of hydrogen-bond acceptors (Lipinski definition) is 5. The van der Waals surface area contributed by atoms with E-state index in [1.165, 1.54) is 43.6 Å². The number of rotatable bonds is 5. The number of hydrogen-bond donors (Lipinski definition) is 2. The molecule has 10 heteroatoms. The minimum Gasteiger partial charge on any atom is -0.358 e. The first kappa shape index (κ1) is 21.5. The van der Waals surface area contributed by atoms with E-state index >= 15 is 0 Å². The van der Waals surface area contributed by atoms with Crippen molar-refractivity contribution in [3.8, 4) is 11.3 Å². The molecule has 0 atom stereocenters. The molecule has 31 heavy (non-hydrogen) atoms. The Hall–Kier alpha value is -2.72. The molecule has 0 saturated heterocycles. The predicted octanol–water partition coefficient (Wildman–Crippen LogP) is 4.76. The van der Waals surface area contributed by atoms with Gasteiger partial charge in [-0.05, 0) is 31.2 Å². The molecule has 2 aromatic carbocycles. The van der Waals surface area contributed by atoms with E-state index in [4.69, 9.17) is 11.6 Å². The van der Waals surface area contributed by atoms with Crippen LogP contribution >= 0.6 is 22.9 Å². The van der Waals surface area contributed by atoms with E-state index in [1.807, 2.05) is 36.6 Å². The number of sulfonamides is 1. The van der Waals surface area contributed by atoms with Crippen LogP contribution in [0.1, 0.15) is 16.1 Å². The van der Waals surface area contributed by atoms with Crippen LogP contribution in [0.25, 0.3) is 22.2 Å². The monoisotopic (exact) mass is 474 g/mol. The summed E-state index contributed by atoms with van der Waals surface area (Å²) < 4.78 is 25.9. The number of nitrogens with one attached hydrogen (secondary N) is 2. The molecule has 4 rings (SSSR count). The molecule has 1 amide bonds. The van der Waals surface area contributed by atoms with E-state index in [9.17, 15) is 13.2 Å². The van der Waals surface area contributed by atoms with Crippen molar-refractivity contribution >= 4 is 54.9 Å². The van der Waals surface area contributed by atoms with Crippen molar-refractivity contribution in [3.63, 3.8) is 0 Å². The van der Waals surface area contributed by atoms with Crippen molar-refractivity contribution in [2.75, 3.05) is 19.4 Å². The van der Waals surface area contributed by atoms with Crippen molar-refractivity contribution in [1.82, 2.24) is 14.3 Å². The Morgan fingerprint density at radius 3 is 2.68 bits per heavy atom. The number of anilines is 1. The molecule has 0 aliphatic heterocycles. The van der Waals surface area contributed by atoms with Gasteiger partial charge in [-0.15, -0.1) is 11.3 Å². The molecule has 0 aliphatic rings. The van der Waals surface area contributed by atoms with Crippen LogP contribution in [-0.4, -0.2) is 42.7 Å². The predicted molar refractivity (Wildman–Crippen MR) is 124 cm³/mol. The fraction of sp³-hybridized carbons (Fsp3) is 0.143. The van der Waals surface area contributed by atoms with Gasteiger partial charge in [0, 0.05) is 41.6 Å². The number of fused-ring (bicyclic) bond motifs is 1. The van der Waals surface area contributed by atoms with Gasteiger partial charge in [0.05, 0.1) is 21.2 Å². The van der Waals surface area contributed by atoms with E-state index in [0.29, 0.717) is 5.13 Å². The van der Waals surface area contributed by atoms with E-state index < -0.39 is 15.9 Å². The summed E-state index contributed by atoms with van der Waals surface area (Å²) in [6.07, 6.45) is 0. The van der Waals surface area contributed by atoms with E-state index in [2.05, 4.69) is 15.3 Å². The summed E-state index contributed by atoms with van der Waals surface area (Å²) in [6.45, 7) is 1.98. The zero-order valence-electron chi connectivity index (χ0n) is 16.9. The first-order valence-electron chi connectivity index (χ1n) is 9.25. The average molecular weight is 475 g/mol. The highest BCUT2D eigenvalue weighted by Crippen LogP contribution is 2.34. The standard InChI is InChI=1S/C21H19ClN4O3S2/c1-12-19(14-6-4-5-7-17(14)23-12)18-11-30-21(24-18)25-20(27)15-10-13(8-9-16(15)22)31(28,29)26(2)3/h4-11,23H,1-3H3,(H,24,25,27). The third-order valence-corrected chi connectivity index (χ3v) is 7.73. The maximum atomic E-state index is 12.8. The Bertz CT molecular complexity index is 1410. The molecule has 2 heterocycles. The van der Waals surface area contributed by atoms with Gasteiger partial charge in [0.15, 0.2) is 5.13 Å². The minimum atomic E-state index is -3.70. The lowest BCUT2D eigenvalue weighted by Crippen LogP contribution is -2.23. The van der Waals surface area contributed by atoms with Crippen LogP contribution in [0.2, 0.25) is 5.02 Å². The molecule has 0 spiro atoms. The summed E-state index contributed by atoms with van der Waals surface area (Å²) >= 11 is 7.45. The number of aryl methyl sites for hydroxylation is 1. The van der Waals surface area contributed by atoms with Gasteiger partial charge in [0.1, 0.15) is 0 Å². The summed E-state index contributed by atoms with van der Waals surface area (Å²) in [5.41, 5.74) is 3.77. The largest absolute Gasteiger partial charge is 0.358 e. The first-order valence-corrected chi connectivity index (χ1v) is 11.9. The normalized spacial score (nSPS) is 11.9. The van der Waals surface area contributed by atoms with Crippen LogP contribution < -0.4 is 5.32 Å². The Labute approximate surface area is 188 Å². The summed E-state index contributed by atoms with van der Waals surface area (Å²) in [6, 6.07) is 12.0. The quantitative estimate of drug-likeness (QED) is 0.436. The summed E-state index contributed by atoms with van der Waals surface area (Å²) in [7, 11) is -0.847. The van der Waals surface area contributed by atoms with Gasteiger partial charge in [-0.1, -0.05) is 29.8 Å². The Balaban J connectivity index is 1.64. The highest BCUT2D eigenvalue weighted by Gasteiger charge is 2.22. The third-order valence-electron chi connectivity index (χ3n) is 4.84. The zero-order chi connectivity index (χ0) is 22.3. The molecule has 0 bridgehead atoms. The summed E-state index contributed by atoms with van der Waals surface area (Å²) in [5.74, 6) is -0.530. The second kappa shape index (κ2) is 8.08. The number of para-hydroxylation sites is 1. The molecule has 160 valence electrons. The van der Waals surface area contributed by atoms with Gasteiger partial charge in [0.2, 0.25) is 10.0 Å². The van der Waals surface area contributed by atoms with Gasteiger partial charge < -0.3 is 4.98 Å². The lowest BCUT2D eigenvalue weighted by Gasteiger charge is -2.13. The summed E-state index contributed by atoms with van der Waals surface area (Å²) in [4.78, 5) is 20.7. The molecule has 2 N–H and O–H groups in total. The number of carbonyl (C=O) groups is 1. The summed E-state index contributed by atoms with van der Waals surface area (Å²) in [5, 5.41) is 6.18. The number of thiazole rings is 1. The number of H-pyrrole nitrogens is 1. The molecule has 0 fully saturated rings. The Morgan fingerprint density at radius 1 is 1.19 bits per heavy atom. The van der Waals surface area contributed by atoms with Crippen LogP contribution in [0, 0.1) is 6.92 Å². The second-order valence-electron chi connectivity index (χ2n) is 7.09. The lowest BCUT2D eigenvalue weighted by molar-refractivity contribution is 0.102. The number of halogens is 1. The van der Waals surface area contributed by atoms with Crippen LogP contribution in [0.4, 0.5) is 5.13 Å². The molecular formula is C21H19ClN4O3S2. The number of aromatic nitrogens is 2. The maximum absolute atomic E-state index is 12.8. The fourth-order valence-electron chi connectivity index (χ4n) is 3.27. The Morgan fingerprint density at radius 2 is 1.94 bits per heavy atom. The van der Waals surface area contributed by atoms with E-state index in [0.717, 1.165) is 32.2 Å². The van der Waals surface area contributed by atoms with Gasteiger partial charge in [-0.3, -0.25) is 10.1 Å². The number of nitrogens with zero attached hydrogens (tertiary/aromatic N) is 2.